The maximum absolute atomic E-state index is 12.2. The number of benzene rings is 1. The highest BCUT2D eigenvalue weighted by atomic mass is 35.5. The summed E-state index contributed by atoms with van der Waals surface area (Å²) in [6.45, 7) is 2.55. The number of ether oxygens (including phenoxy) is 1. The summed E-state index contributed by atoms with van der Waals surface area (Å²) in [6, 6.07) is 7.93. The van der Waals surface area contributed by atoms with E-state index in [1.54, 1.807) is 12.1 Å². The molecule has 0 aromatic heterocycles. The molecule has 0 unspecified atom stereocenters. The summed E-state index contributed by atoms with van der Waals surface area (Å²) in [6.07, 6.45) is 2.09. The minimum atomic E-state index is 0.0463. The number of aliphatic hydroxyl groups excluding tert-OH is 1. The number of hydrogen-bond acceptors (Lipinski definition) is 4. The van der Waals surface area contributed by atoms with E-state index >= 15 is 0 Å². The van der Waals surface area contributed by atoms with Gasteiger partial charge < -0.3 is 15.2 Å². The van der Waals surface area contributed by atoms with Gasteiger partial charge in [-0.1, -0.05) is 23.7 Å². The summed E-state index contributed by atoms with van der Waals surface area (Å²) in [5.74, 6) is 0.0463. The molecule has 3 rings (SSSR count). The Labute approximate surface area is 141 Å². The van der Waals surface area contributed by atoms with Crippen molar-refractivity contribution in [1.29, 1.82) is 0 Å². The summed E-state index contributed by atoms with van der Waals surface area (Å²) < 4.78 is 5.77. The smallest absolute Gasteiger partial charge is 0.224 e. The molecule has 0 aliphatic carbocycles. The molecule has 23 heavy (non-hydrogen) atoms. The molecule has 6 heteroatoms. The van der Waals surface area contributed by atoms with Gasteiger partial charge in [0.15, 0.2) is 0 Å². The van der Waals surface area contributed by atoms with Crippen LogP contribution in [0.3, 0.4) is 0 Å². The number of nitrogens with one attached hydrogen (secondary N) is 1. The van der Waals surface area contributed by atoms with Crippen LogP contribution in [0.25, 0.3) is 0 Å². The second kappa shape index (κ2) is 7.62. The minimum Gasteiger partial charge on any atom is -0.396 e. The van der Waals surface area contributed by atoms with Crippen molar-refractivity contribution in [1.82, 2.24) is 10.2 Å². The van der Waals surface area contributed by atoms with Crippen LogP contribution in [-0.2, 0) is 16.0 Å². The lowest BCUT2D eigenvalue weighted by Crippen LogP contribution is -2.46. The molecule has 2 saturated heterocycles. The number of hydrogen-bond donors (Lipinski definition) is 2. The number of carbonyl (C=O) groups is 1. The maximum atomic E-state index is 12.2. The highest BCUT2D eigenvalue weighted by Crippen LogP contribution is 2.24. The number of nitrogens with zero attached hydrogens (tertiary/aromatic N) is 1. The van der Waals surface area contributed by atoms with Gasteiger partial charge in [0.25, 0.3) is 0 Å². The number of fused-ring (bicyclic) bond motifs is 1. The Morgan fingerprint density at radius 3 is 2.87 bits per heavy atom. The Bertz CT molecular complexity index is 537. The van der Waals surface area contributed by atoms with E-state index in [0.717, 1.165) is 25.1 Å². The molecule has 0 spiro atoms. The summed E-state index contributed by atoms with van der Waals surface area (Å²) in [7, 11) is 0. The van der Waals surface area contributed by atoms with Crippen LogP contribution in [0, 0.1) is 0 Å². The SMILES string of the molecule is O=C(Cc1ccc(Cl)cc1)N[C@H]1C[C@H]2CO[C@@H](CCO)CN2C1. The number of rotatable bonds is 5. The third kappa shape index (κ3) is 4.44. The number of morpholine rings is 1. The number of carbonyl (C=O) groups excluding carboxylic acids is 1. The molecule has 126 valence electrons. The van der Waals surface area contributed by atoms with Crippen molar-refractivity contribution in [2.45, 2.75) is 37.5 Å². The van der Waals surface area contributed by atoms with Crippen molar-refractivity contribution < 1.29 is 14.6 Å². The standard InChI is InChI=1S/C17H23ClN2O3/c18-13-3-1-12(2-4-13)7-17(22)19-14-8-15-11-23-16(5-6-21)10-20(15)9-14/h1-4,14-16,21H,5-11H2,(H,19,22)/t14-,15-,16-/m0/s1. The molecule has 2 aliphatic rings. The Kier molecular flexibility index (Phi) is 5.54. The van der Waals surface area contributed by atoms with Crippen molar-refractivity contribution in [3.63, 3.8) is 0 Å². The number of halogens is 1. The second-order valence-corrected chi connectivity index (χ2v) is 6.82. The van der Waals surface area contributed by atoms with Crippen LogP contribution in [0.15, 0.2) is 24.3 Å². The van der Waals surface area contributed by atoms with E-state index in [2.05, 4.69) is 10.2 Å². The molecule has 5 nitrogen and oxygen atoms in total. The summed E-state index contributed by atoms with van der Waals surface area (Å²) in [5, 5.41) is 12.8. The first-order valence-corrected chi connectivity index (χ1v) is 8.52. The predicted octanol–water partition coefficient (Wildman–Crippen LogP) is 1.22. The van der Waals surface area contributed by atoms with Gasteiger partial charge in [-0.25, -0.2) is 0 Å². The molecule has 2 fully saturated rings. The van der Waals surface area contributed by atoms with E-state index in [9.17, 15) is 4.79 Å². The van der Waals surface area contributed by atoms with Crippen molar-refractivity contribution in [2.24, 2.45) is 0 Å². The maximum Gasteiger partial charge on any atom is 0.224 e. The first kappa shape index (κ1) is 16.7. The van der Waals surface area contributed by atoms with Gasteiger partial charge in [0.1, 0.15) is 0 Å². The lowest BCUT2D eigenvalue weighted by Gasteiger charge is -2.34. The quantitative estimate of drug-likeness (QED) is 0.847. The topological polar surface area (TPSA) is 61.8 Å². The zero-order chi connectivity index (χ0) is 16.2. The highest BCUT2D eigenvalue weighted by Gasteiger charge is 2.37. The molecule has 1 aromatic carbocycles. The van der Waals surface area contributed by atoms with Gasteiger partial charge in [0.05, 0.1) is 19.1 Å². The average Bonchev–Trinajstić information content (AvgIpc) is 2.91. The van der Waals surface area contributed by atoms with E-state index in [0.29, 0.717) is 30.5 Å². The van der Waals surface area contributed by atoms with E-state index < -0.39 is 0 Å². The molecule has 2 N–H and O–H groups in total. The first-order chi connectivity index (χ1) is 11.1. The predicted molar refractivity (Wildman–Crippen MR) is 88.5 cm³/mol. The second-order valence-electron chi connectivity index (χ2n) is 6.38. The van der Waals surface area contributed by atoms with Crippen LogP contribution in [0.2, 0.25) is 5.02 Å². The summed E-state index contributed by atoms with van der Waals surface area (Å²) >= 11 is 5.86. The van der Waals surface area contributed by atoms with Crippen molar-refractivity contribution in [3.05, 3.63) is 34.9 Å². The molecular weight excluding hydrogens is 316 g/mol. The van der Waals surface area contributed by atoms with Crippen LogP contribution < -0.4 is 5.32 Å². The molecule has 1 amide bonds. The number of aliphatic hydroxyl groups is 1. The summed E-state index contributed by atoms with van der Waals surface area (Å²) in [5.41, 5.74) is 0.967. The van der Waals surface area contributed by atoms with Crippen LogP contribution in [0.1, 0.15) is 18.4 Å². The molecule has 0 bridgehead atoms. The molecule has 0 radical (unpaired) electrons. The van der Waals surface area contributed by atoms with Crippen LogP contribution >= 0.6 is 11.6 Å². The van der Waals surface area contributed by atoms with Gasteiger partial charge in [0, 0.05) is 36.8 Å². The van der Waals surface area contributed by atoms with Gasteiger partial charge in [0.2, 0.25) is 5.91 Å². The molecule has 2 aliphatic heterocycles. The first-order valence-electron chi connectivity index (χ1n) is 8.14. The number of amides is 1. The van der Waals surface area contributed by atoms with E-state index in [1.165, 1.54) is 0 Å². The Morgan fingerprint density at radius 2 is 2.13 bits per heavy atom. The van der Waals surface area contributed by atoms with E-state index in [-0.39, 0.29) is 24.7 Å². The third-order valence-electron chi connectivity index (χ3n) is 4.58. The van der Waals surface area contributed by atoms with E-state index in [1.807, 2.05) is 12.1 Å². The van der Waals surface area contributed by atoms with Crippen LogP contribution in [-0.4, -0.2) is 60.4 Å². The van der Waals surface area contributed by atoms with E-state index in [4.69, 9.17) is 21.4 Å². The minimum absolute atomic E-state index is 0.0463. The zero-order valence-corrected chi connectivity index (χ0v) is 13.8. The van der Waals surface area contributed by atoms with Gasteiger partial charge in [-0.3, -0.25) is 9.69 Å². The normalized spacial score (nSPS) is 27.7. The monoisotopic (exact) mass is 338 g/mol. The molecular formula is C17H23ClN2O3. The lowest BCUT2D eigenvalue weighted by atomic mass is 10.1. The lowest BCUT2D eigenvalue weighted by molar-refractivity contribution is -0.121. The van der Waals surface area contributed by atoms with Crippen LogP contribution in [0.5, 0.6) is 0 Å². The third-order valence-corrected chi connectivity index (χ3v) is 4.84. The van der Waals surface area contributed by atoms with Crippen molar-refractivity contribution in [3.8, 4) is 0 Å². The van der Waals surface area contributed by atoms with Gasteiger partial charge >= 0.3 is 0 Å². The van der Waals surface area contributed by atoms with Gasteiger partial charge in [-0.15, -0.1) is 0 Å². The fourth-order valence-electron chi connectivity index (χ4n) is 3.43. The Hall–Kier alpha value is -1.14. The van der Waals surface area contributed by atoms with Crippen molar-refractivity contribution >= 4 is 17.5 Å². The molecule has 3 atom stereocenters. The summed E-state index contributed by atoms with van der Waals surface area (Å²) in [4.78, 5) is 14.6. The van der Waals surface area contributed by atoms with Crippen molar-refractivity contribution in [2.75, 3.05) is 26.3 Å². The highest BCUT2D eigenvalue weighted by molar-refractivity contribution is 6.30. The van der Waals surface area contributed by atoms with Gasteiger partial charge in [-0.05, 0) is 30.5 Å². The molecule has 1 aromatic rings. The largest absolute Gasteiger partial charge is 0.396 e. The Morgan fingerprint density at radius 1 is 1.35 bits per heavy atom. The molecule has 0 saturated carbocycles. The molecule has 2 heterocycles. The fourth-order valence-corrected chi connectivity index (χ4v) is 3.56. The average molecular weight is 339 g/mol. The van der Waals surface area contributed by atoms with Gasteiger partial charge in [-0.2, -0.15) is 0 Å². The van der Waals surface area contributed by atoms with Crippen LogP contribution in [0.4, 0.5) is 0 Å². The fraction of sp³-hybridized carbons (Fsp3) is 0.588. The Balaban J connectivity index is 1.48. The zero-order valence-electron chi connectivity index (χ0n) is 13.1.